The van der Waals surface area contributed by atoms with Gasteiger partial charge in [0.05, 0.1) is 6.61 Å². The third-order valence-corrected chi connectivity index (χ3v) is 3.22. The standard InChI is InChI=1S/C19H19F2NO6/c1-2-25-15-5-3-4-6-16(15)26-12-18(24)27-11-17(23)22-13-7-9-14(10-8-13)28-19(20)21/h3-10,19H,2,11-12H2,1H3,(H,22,23). The minimum Gasteiger partial charge on any atom is -0.490 e. The zero-order valence-corrected chi connectivity index (χ0v) is 15.0. The Labute approximate surface area is 160 Å². The molecule has 2 aromatic carbocycles. The van der Waals surface area contributed by atoms with Crippen LogP contribution in [0.1, 0.15) is 6.92 Å². The first-order chi connectivity index (χ1) is 13.5. The average Bonchev–Trinajstić information content (AvgIpc) is 2.67. The number of nitrogens with one attached hydrogen (secondary N) is 1. The molecule has 0 bridgehead atoms. The Bertz CT molecular complexity index is 782. The number of ether oxygens (including phenoxy) is 4. The number of halogens is 2. The molecule has 0 saturated heterocycles. The Morgan fingerprint density at radius 1 is 0.964 bits per heavy atom. The van der Waals surface area contributed by atoms with Crippen LogP contribution in [0.5, 0.6) is 17.2 Å². The fourth-order valence-corrected chi connectivity index (χ4v) is 2.09. The Morgan fingerprint density at radius 3 is 2.21 bits per heavy atom. The number of esters is 1. The third kappa shape index (κ3) is 7.10. The van der Waals surface area contributed by atoms with Crippen LogP contribution in [0.2, 0.25) is 0 Å². The lowest BCUT2D eigenvalue weighted by molar-refractivity contribution is -0.149. The van der Waals surface area contributed by atoms with Gasteiger partial charge in [-0.3, -0.25) is 4.79 Å². The average molecular weight is 395 g/mol. The number of amides is 1. The molecule has 0 unspecified atom stereocenters. The molecule has 7 nitrogen and oxygen atoms in total. The van der Waals surface area contributed by atoms with Crippen LogP contribution in [0.25, 0.3) is 0 Å². The number of alkyl halides is 2. The van der Waals surface area contributed by atoms with E-state index in [9.17, 15) is 18.4 Å². The van der Waals surface area contributed by atoms with Crippen LogP contribution in [0.3, 0.4) is 0 Å². The van der Waals surface area contributed by atoms with Gasteiger partial charge >= 0.3 is 12.6 Å². The zero-order valence-electron chi connectivity index (χ0n) is 15.0. The van der Waals surface area contributed by atoms with Crippen molar-refractivity contribution in [3.63, 3.8) is 0 Å². The van der Waals surface area contributed by atoms with Crippen molar-refractivity contribution in [2.75, 3.05) is 25.1 Å². The molecule has 2 aromatic rings. The summed E-state index contributed by atoms with van der Waals surface area (Å²) in [6.07, 6.45) is 0. The summed E-state index contributed by atoms with van der Waals surface area (Å²) >= 11 is 0. The highest BCUT2D eigenvalue weighted by Gasteiger charge is 2.11. The Kier molecular flexibility index (Phi) is 8.01. The van der Waals surface area contributed by atoms with Crippen LogP contribution in [0.4, 0.5) is 14.5 Å². The van der Waals surface area contributed by atoms with E-state index < -0.39 is 31.7 Å². The van der Waals surface area contributed by atoms with Crippen molar-refractivity contribution in [1.29, 1.82) is 0 Å². The number of benzene rings is 2. The summed E-state index contributed by atoms with van der Waals surface area (Å²) in [6.45, 7) is -1.58. The second-order valence-corrected chi connectivity index (χ2v) is 5.28. The van der Waals surface area contributed by atoms with Crippen molar-refractivity contribution in [3.8, 4) is 17.2 Å². The SMILES string of the molecule is CCOc1ccccc1OCC(=O)OCC(=O)Nc1ccc(OC(F)F)cc1. The van der Waals surface area contributed by atoms with Crippen molar-refractivity contribution in [3.05, 3.63) is 48.5 Å². The molecule has 0 aliphatic heterocycles. The van der Waals surface area contributed by atoms with E-state index in [4.69, 9.17) is 14.2 Å². The zero-order chi connectivity index (χ0) is 20.4. The van der Waals surface area contributed by atoms with Gasteiger partial charge in [0, 0.05) is 5.69 Å². The first-order valence-corrected chi connectivity index (χ1v) is 8.33. The molecule has 0 spiro atoms. The molecule has 2 rings (SSSR count). The number of carbonyl (C=O) groups excluding carboxylic acids is 2. The van der Waals surface area contributed by atoms with Crippen LogP contribution < -0.4 is 19.5 Å². The topological polar surface area (TPSA) is 83.1 Å². The first kappa shape index (κ1) is 20.9. The van der Waals surface area contributed by atoms with Gasteiger partial charge < -0.3 is 24.3 Å². The fraction of sp³-hybridized carbons (Fsp3) is 0.263. The number of hydrogen-bond acceptors (Lipinski definition) is 6. The van der Waals surface area contributed by atoms with Crippen LogP contribution in [-0.4, -0.2) is 38.3 Å². The molecule has 1 N–H and O–H groups in total. The van der Waals surface area contributed by atoms with Crippen molar-refractivity contribution in [1.82, 2.24) is 0 Å². The monoisotopic (exact) mass is 395 g/mol. The summed E-state index contributed by atoms with van der Waals surface area (Å²) in [5.74, 6) is -0.483. The maximum absolute atomic E-state index is 12.1. The van der Waals surface area contributed by atoms with Gasteiger partial charge in [-0.05, 0) is 43.3 Å². The van der Waals surface area contributed by atoms with Crippen LogP contribution in [0.15, 0.2) is 48.5 Å². The van der Waals surface area contributed by atoms with Crippen molar-refractivity contribution in [2.24, 2.45) is 0 Å². The molecule has 0 aliphatic carbocycles. The van der Waals surface area contributed by atoms with Gasteiger partial charge in [0.15, 0.2) is 24.7 Å². The first-order valence-electron chi connectivity index (χ1n) is 8.33. The highest BCUT2D eigenvalue weighted by atomic mass is 19.3. The summed E-state index contributed by atoms with van der Waals surface area (Å²) in [6, 6.07) is 12.2. The Morgan fingerprint density at radius 2 is 1.61 bits per heavy atom. The lowest BCUT2D eigenvalue weighted by Gasteiger charge is -2.11. The summed E-state index contributed by atoms with van der Waals surface area (Å²) in [4.78, 5) is 23.5. The molecule has 0 heterocycles. The summed E-state index contributed by atoms with van der Waals surface area (Å²) in [5.41, 5.74) is 0.338. The maximum Gasteiger partial charge on any atom is 0.387 e. The van der Waals surface area contributed by atoms with Gasteiger partial charge in [-0.2, -0.15) is 8.78 Å². The minimum absolute atomic E-state index is 0.0380. The molecule has 0 aromatic heterocycles. The number of para-hydroxylation sites is 2. The maximum atomic E-state index is 12.1. The van der Waals surface area contributed by atoms with E-state index >= 15 is 0 Å². The van der Waals surface area contributed by atoms with Crippen LogP contribution in [-0.2, 0) is 14.3 Å². The third-order valence-electron chi connectivity index (χ3n) is 3.22. The predicted octanol–water partition coefficient (Wildman–Crippen LogP) is 3.25. The Balaban J connectivity index is 1.74. The number of hydrogen-bond donors (Lipinski definition) is 1. The van der Waals surface area contributed by atoms with Gasteiger partial charge in [0.1, 0.15) is 5.75 Å². The molecule has 0 atom stereocenters. The second kappa shape index (κ2) is 10.7. The fourth-order valence-electron chi connectivity index (χ4n) is 2.09. The quantitative estimate of drug-likeness (QED) is 0.622. The van der Waals surface area contributed by atoms with E-state index in [2.05, 4.69) is 10.1 Å². The van der Waals surface area contributed by atoms with Crippen molar-refractivity contribution >= 4 is 17.6 Å². The Hall–Kier alpha value is -3.36. The molecule has 0 saturated carbocycles. The summed E-state index contributed by atoms with van der Waals surface area (Å²) < 4.78 is 43.9. The van der Waals surface area contributed by atoms with Crippen LogP contribution in [0, 0.1) is 0 Å². The molecule has 28 heavy (non-hydrogen) atoms. The van der Waals surface area contributed by atoms with E-state index in [1.165, 1.54) is 24.3 Å². The lowest BCUT2D eigenvalue weighted by Crippen LogP contribution is -2.23. The summed E-state index contributed by atoms with van der Waals surface area (Å²) in [7, 11) is 0. The molecule has 0 fully saturated rings. The van der Waals surface area contributed by atoms with E-state index in [-0.39, 0.29) is 5.75 Å². The van der Waals surface area contributed by atoms with E-state index in [1.807, 2.05) is 6.92 Å². The number of carbonyl (C=O) groups is 2. The molecular formula is C19H19F2NO6. The molecular weight excluding hydrogens is 376 g/mol. The van der Waals surface area contributed by atoms with Crippen molar-refractivity contribution < 1.29 is 37.3 Å². The minimum atomic E-state index is -2.93. The van der Waals surface area contributed by atoms with Crippen LogP contribution >= 0.6 is 0 Å². The van der Waals surface area contributed by atoms with Crippen molar-refractivity contribution in [2.45, 2.75) is 13.5 Å². The number of rotatable bonds is 10. The highest BCUT2D eigenvalue weighted by Crippen LogP contribution is 2.26. The lowest BCUT2D eigenvalue weighted by atomic mass is 10.3. The van der Waals surface area contributed by atoms with E-state index in [0.29, 0.717) is 23.8 Å². The van der Waals surface area contributed by atoms with Gasteiger partial charge in [0.2, 0.25) is 0 Å². The highest BCUT2D eigenvalue weighted by molar-refractivity contribution is 5.92. The normalized spacial score (nSPS) is 10.3. The largest absolute Gasteiger partial charge is 0.490 e. The van der Waals surface area contributed by atoms with Gasteiger partial charge in [-0.25, -0.2) is 4.79 Å². The molecule has 0 radical (unpaired) electrons. The van der Waals surface area contributed by atoms with Gasteiger partial charge in [-0.15, -0.1) is 0 Å². The van der Waals surface area contributed by atoms with E-state index in [0.717, 1.165) is 0 Å². The summed E-state index contributed by atoms with van der Waals surface area (Å²) in [5, 5.41) is 2.46. The van der Waals surface area contributed by atoms with E-state index in [1.54, 1.807) is 24.3 Å². The predicted molar refractivity (Wildman–Crippen MR) is 95.8 cm³/mol. The smallest absolute Gasteiger partial charge is 0.387 e. The molecule has 1 amide bonds. The van der Waals surface area contributed by atoms with Gasteiger partial charge in [-0.1, -0.05) is 12.1 Å². The number of anilines is 1. The van der Waals surface area contributed by atoms with Gasteiger partial charge in [0.25, 0.3) is 5.91 Å². The molecule has 9 heteroatoms. The second-order valence-electron chi connectivity index (χ2n) is 5.28. The molecule has 150 valence electrons. The molecule has 0 aliphatic rings.